The van der Waals surface area contributed by atoms with Crippen LogP contribution in [0.2, 0.25) is 0 Å². The molecule has 0 aliphatic heterocycles. The Morgan fingerprint density at radius 2 is 1.83 bits per heavy atom. The molecule has 1 N–H and O–H groups in total. The summed E-state index contributed by atoms with van der Waals surface area (Å²) in [6, 6.07) is 0.799. The predicted molar refractivity (Wildman–Crippen MR) is 83.3 cm³/mol. The molecule has 3 unspecified atom stereocenters. The second-order valence-corrected chi connectivity index (χ2v) is 7.96. The molecule has 0 saturated heterocycles. The highest BCUT2D eigenvalue weighted by Gasteiger charge is 2.30. The maximum absolute atomic E-state index is 3.81. The zero-order chi connectivity index (χ0) is 12.8. The highest BCUT2D eigenvalue weighted by atomic mass is 32.2. The summed E-state index contributed by atoms with van der Waals surface area (Å²) in [4.78, 5) is 0. The van der Waals surface area contributed by atoms with Crippen LogP contribution in [0.5, 0.6) is 0 Å². The smallest absolute Gasteiger partial charge is 0.0206 e. The minimum Gasteiger partial charge on any atom is -0.313 e. The molecule has 0 heterocycles. The van der Waals surface area contributed by atoms with Crippen molar-refractivity contribution in [2.75, 3.05) is 6.54 Å². The van der Waals surface area contributed by atoms with Crippen molar-refractivity contribution in [2.24, 2.45) is 5.92 Å². The van der Waals surface area contributed by atoms with Crippen molar-refractivity contribution in [3.63, 3.8) is 0 Å². The Balaban J connectivity index is 1.83. The average Bonchev–Trinajstić information content (AvgIpc) is 2.39. The highest BCUT2D eigenvalue weighted by Crippen LogP contribution is 2.38. The van der Waals surface area contributed by atoms with Gasteiger partial charge >= 0.3 is 0 Å². The summed E-state index contributed by atoms with van der Waals surface area (Å²) in [6.07, 6.45) is 13.0. The number of thioether (sulfide) groups is 1. The Labute approximate surface area is 118 Å². The normalized spacial score (nSPS) is 34.7. The molecule has 0 aromatic heterocycles. The highest BCUT2D eigenvalue weighted by molar-refractivity contribution is 8.00. The first-order valence-corrected chi connectivity index (χ1v) is 9.12. The molecule has 1 nitrogen and oxygen atoms in total. The molecule has 18 heavy (non-hydrogen) atoms. The van der Waals surface area contributed by atoms with Crippen LogP contribution in [0, 0.1) is 5.92 Å². The lowest BCUT2D eigenvalue weighted by Crippen LogP contribution is -2.43. The van der Waals surface area contributed by atoms with E-state index in [1.54, 1.807) is 0 Å². The molecule has 0 amide bonds. The van der Waals surface area contributed by atoms with E-state index in [4.69, 9.17) is 0 Å². The molecule has 0 aromatic carbocycles. The molecule has 2 heteroatoms. The minimum atomic E-state index is 0.799. The van der Waals surface area contributed by atoms with Crippen LogP contribution >= 0.6 is 11.8 Å². The average molecular weight is 269 g/mol. The van der Waals surface area contributed by atoms with Gasteiger partial charge in [-0.2, -0.15) is 11.8 Å². The van der Waals surface area contributed by atoms with E-state index in [-0.39, 0.29) is 0 Å². The quantitative estimate of drug-likeness (QED) is 0.782. The second kappa shape index (κ2) is 7.79. The third-order valence-corrected chi connectivity index (χ3v) is 6.36. The molecule has 3 atom stereocenters. The Bertz CT molecular complexity index is 223. The number of hydrogen-bond donors (Lipinski definition) is 1. The standard InChI is InChI=1S/C16H31NS/c1-3-11-17-15-10-9-13(2)12-16(15)18-14-7-5-4-6-8-14/h13-17H,3-12H2,1-2H3. The maximum atomic E-state index is 3.81. The number of rotatable bonds is 5. The van der Waals surface area contributed by atoms with E-state index in [1.165, 1.54) is 64.3 Å². The van der Waals surface area contributed by atoms with Gasteiger partial charge in [0.05, 0.1) is 0 Å². The van der Waals surface area contributed by atoms with E-state index in [2.05, 4.69) is 30.9 Å². The Kier molecular flexibility index (Phi) is 6.37. The molecule has 0 bridgehead atoms. The minimum absolute atomic E-state index is 0.799. The van der Waals surface area contributed by atoms with Crippen molar-refractivity contribution in [1.82, 2.24) is 5.32 Å². The van der Waals surface area contributed by atoms with Gasteiger partial charge in [-0.15, -0.1) is 0 Å². The van der Waals surface area contributed by atoms with E-state index < -0.39 is 0 Å². The molecule has 2 aliphatic rings. The molecule has 0 aromatic rings. The van der Waals surface area contributed by atoms with Crippen LogP contribution in [-0.4, -0.2) is 23.1 Å². The van der Waals surface area contributed by atoms with Crippen molar-refractivity contribution in [3.05, 3.63) is 0 Å². The van der Waals surface area contributed by atoms with E-state index in [1.807, 2.05) is 0 Å². The van der Waals surface area contributed by atoms with E-state index >= 15 is 0 Å². The third-order valence-electron chi connectivity index (χ3n) is 4.63. The first-order valence-electron chi connectivity index (χ1n) is 8.18. The SMILES string of the molecule is CCCNC1CCC(C)CC1SC1CCCCC1. The van der Waals surface area contributed by atoms with Crippen LogP contribution in [-0.2, 0) is 0 Å². The Hall–Kier alpha value is 0.310. The largest absolute Gasteiger partial charge is 0.313 e. The molecular formula is C16H31NS. The van der Waals surface area contributed by atoms with Crippen molar-refractivity contribution in [1.29, 1.82) is 0 Å². The fraction of sp³-hybridized carbons (Fsp3) is 1.00. The monoisotopic (exact) mass is 269 g/mol. The van der Waals surface area contributed by atoms with Gasteiger partial charge in [-0.3, -0.25) is 0 Å². The summed E-state index contributed by atoms with van der Waals surface area (Å²) in [6.45, 7) is 5.94. The van der Waals surface area contributed by atoms with Crippen LogP contribution < -0.4 is 5.32 Å². The fourth-order valence-corrected chi connectivity index (χ4v) is 5.45. The molecule has 106 valence electrons. The summed E-state index contributed by atoms with van der Waals surface area (Å²) in [5, 5.41) is 5.67. The van der Waals surface area contributed by atoms with Gasteiger partial charge in [0.1, 0.15) is 0 Å². The van der Waals surface area contributed by atoms with Crippen LogP contribution in [0.25, 0.3) is 0 Å². The zero-order valence-electron chi connectivity index (χ0n) is 12.3. The molecule has 2 fully saturated rings. The summed E-state index contributed by atoms with van der Waals surface area (Å²) in [7, 11) is 0. The lowest BCUT2D eigenvalue weighted by molar-refractivity contribution is 0.316. The van der Waals surface area contributed by atoms with Crippen molar-refractivity contribution < 1.29 is 0 Å². The lowest BCUT2D eigenvalue weighted by atomic mass is 9.87. The van der Waals surface area contributed by atoms with Crippen LogP contribution in [0.1, 0.15) is 71.6 Å². The van der Waals surface area contributed by atoms with Crippen molar-refractivity contribution in [2.45, 2.75) is 88.2 Å². The number of nitrogens with one attached hydrogen (secondary N) is 1. The molecule has 2 rings (SSSR count). The van der Waals surface area contributed by atoms with Gasteiger partial charge in [-0.25, -0.2) is 0 Å². The van der Waals surface area contributed by atoms with Crippen molar-refractivity contribution >= 4 is 11.8 Å². The van der Waals surface area contributed by atoms with Gasteiger partial charge in [0.15, 0.2) is 0 Å². The van der Waals surface area contributed by atoms with Gasteiger partial charge in [0, 0.05) is 16.5 Å². The summed E-state index contributed by atoms with van der Waals surface area (Å²) in [5.74, 6) is 0.950. The first-order chi connectivity index (χ1) is 8.79. The lowest BCUT2D eigenvalue weighted by Gasteiger charge is -2.37. The fourth-order valence-electron chi connectivity index (χ4n) is 3.49. The molecule has 0 radical (unpaired) electrons. The summed E-state index contributed by atoms with van der Waals surface area (Å²) in [5.41, 5.74) is 0. The van der Waals surface area contributed by atoms with Gasteiger partial charge in [-0.1, -0.05) is 33.1 Å². The molecule has 2 aliphatic carbocycles. The summed E-state index contributed by atoms with van der Waals surface area (Å²) < 4.78 is 0. The Morgan fingerprint density at radius 3 is 2.56 bits per heavy atom. The predicted octanol–water partition coefficient (Wildman–Crippen LogP) is 4.61. The van der Waals surface area contributed by atoms with Crippen LogP contribution in [0.4, 0.5) is 0 Å². The van der Waals surface area contributed by atoms with Crippen LogP contribution in [0.15, 0.2) is 0 Å². The zero-order valence-corrected chi connectivity index (χ0v) is 13.1. The first kappa shape index (κ1) is 14.7. The van der Waals surface area contributed by atoms with Gasteiger partial charge in [0.2, 0.25) is 0 Å². The molecule has 2 saturated carbocycles. The van der Waals surface area contributed by atoms with Gasteiger partial charge in [-0.05, 0) is 51.0 Å². The van der Waals surface area contributed by atoms with Gasteiger partial charge < -0.3 is 5.32 Å². The number of hydrogen-bond acceptors (Lipinski definition) is 2. The second-order valence-electron chi connectivity index (χ2n) is 6.41. The molecular weight excluding hydrogens is 238 g/mol. The van der Waals surface area contributed by atoms with Gasteiger partial charge in [0.25, 0.3) is 0 Å². The van der Waals surface area contributed by atoms with E-state index in [0.717, 1.165) is 22.5 Å². The summed E-state index contributed by atoms with van der Waals surface area (Å²) >= 11 is 2.34. The third kappa shape index (κ3) is 4.45. The maximum Gasteiger partial charge on any atom is 0.0206 e. The van der Waals surface area contributed by atoms with Crippen LogP contribution in [0.3, 0.4) is 0 Å². The van der Waals surface area contributed by atoms with E-state index in [0.29, 0.717) is 0 Å². The molecule has 0 spiro atoms. The topological polar surface area (TPSA) is 12.0 Å². The Morgan fingerprint density at radius 1 is 1.06 bits per heavy atom. The van der Waals surface area contributed by atoms with E-state index in [9.17, 15) is 0 Å². The van der Waals surface area contributed by atoms with Crippen molar-refractivity contribution in [3.8, 4) is 0 Å².